The van der Waals surface area contributed by atoms with Crippen molar-refractivity contribution in [3.63, 3.8) is 0 Å². The van der Waals surface area contributed by atoms with E-state index in [4.69, 9.17) is 16.3 Å². The van der Waals surface area contributed by atoms with Crippen LogP contribution >= 0.6 is 23.4 Å². The maximum Gasteiger partial charge on any atom is 0.310 e. The summed E-state index contributed by atoms with van der Waals surface area (Å²) in [6.07, 6.45) is 1.56. The molecule has 2 heterocycles. The molecule has 0 bridgehead atoms. The van der Waals surface area contributed by atoms with Crippen LogP contribution in [-0.4, -0.2) is 53.5 Å². The van der Waals surface area contributed by atoms with E-state index in [1.165, 1.54) is 17.3 Å². The maximum atomic E-state index is 13.0. The summed E-state index contributed by atoms with van der Waals surface area (Å²) in [6.45, 7) is 3.92. The molecule has 4 rings (SSSR count). The Balaban J connectivity index is 1.35. The summed E-state index contributed by atoms with van der Waals surface area (Å²) >= 11 is 7.79. The van der Waals surface area contributed by atoms with Gasteiger partial charge in [-0.1, -0.05) is 65.8 Å². The molecule has 37 heavy (non-hydrogen) atoms. The number of anilines is 1. The first-order valence-electron chi connectivity index (χ1n) is 12.4. The molecule has 9 heteroatoms. The van der Waals surface area contributed by atoms with E-state index in [0.717, 1.165) is 24.2 Å². The number of likely N-dealkylation sites (tertiary alicyclic amines) is 1. The van der Waals surface area contributed by atoms with Gasteiger partial charge < -0.3 is 14.5 Å². The number of halogens is 1. The van der Waals surface area contributed by atoms with E-state index < -0.39 is 0 Å². The van der Waals surface area contributed by atoms with E-state index in [1.54, 1.807) is 17.9 Å². The number of benzene rings is 2. The van der Waals surface area contributed by atoms with Crippen molar-refractivity contribution in [2.24, 2.45) is 5.92 Å². The minimum atomic E-state index is -0.248. The summed E-state index contributed by atoms with van der Waals surface area (Å²) in [6, 6.07) is 19.5. The molecule has 1 aliphatic rings. The minimum absolute atomic E-state index is 0.0579. The molecule has 1 saturated heterocycles. The van der Waals surface area contributed by atoms with Crippen LogP contribution in [0.3, 0.4) is 0 Å². The number of thioether (sulfide) groups is 1. The maximum absolute atomic E-state index is 13.0. The zero-order valence-corrected chi connectivity index (χ0v) is 22.7. The smallest absolute Gasteiger partial charge is 0.310 e. The van der Waals surface area contributed by atoms with Gasteiger partial charge in [0.25, 0.3) is 5.91 Å². The fraction of sp³-hybridized carbons (Fsp3) is 0.357. The highest BCUT2D eigenvalue weighted by Gasteiger charge is 2.29. The van der Waals surface area contributed by atoms with Crippen LogP contribution in [0.4, 0.5) is 5.82 Å². The van der Waals surface area contributed by atoms with Crippen molar-refractivity contribution in [2.45, 2.75) is 37.2 Å². The summed E-state index contributed by atoms with van der Waals surface area (Å²) in [7, 11) is 1.98. The van der Waals surface area contributed by atoms with Crippen molar-refractivity contribution in [1.29, 1.82) is 0 Å². The summed E-state index contributed by atoms with van der Waals surface area (Å²) < 4.78 is 5.15. The number of esters is 1. The molecule has 194 valence electrons. The zero-order valence-electron chi connectivity index (χ0n) is 21.1. The normalized spacial score (nSPS) is 15.3. The highest BCUT2D eigenvalue weighted by atomic mass is 35.5. The van der Waals surface area contributed by atoms with Gasteiger partial charge in [0.1, 0.15) is 11.0 Å². The van der Waals surface area contributed by atoms with Crippen LogP contribution in [0.2, 0.25) is 5.15 Å². The highest BCUT2D eigenvalue weighted by Crippen LogP contribution is 2.26. The third-order valence-corrected chi connectivity index (χ3v) is 7.32. The number of piperidine rings is 1. The van der Waals surface area contributed by atoms with Gasteiger partial charge in [0.15, 0.2) is 5.16 Å². The SMILES string of the molecule is CCOC(=O)C1CCCN(C(=O)c2ccc(CSc3nc(Cl)cc(N(C)Cc4ccccc4)n3)cc2)C1. The third kappa shape index (κ3) is 7.46. The number of carbonyl (C=O) groups excluding carboxylic acids is 2. The molecule has 0 radical (unpaired) electrons. The van der Waals surface area contributed by atoms with Crippen LogP contribution in [0, 0.1) is 5.92 Å². The first kappa shape index (κ1) is 26.9. The van der Waals surface area contributed by atoms with Crippen LogP contribution in [0.1, 0.15) is 41.3 Å². The van der Waals surface area contributed by atoms with Gasteiger partial charge in [-0.15, -0.1) is 0 Å². The second kappa shape index (κ2) is 12.9. The molecule has 2 aromatic carbocycles. The quantitative estimate of drug-likeness (QED) is 0.155. The van der Waals surface area contributed by atoms with Gasteiger partial charge in [0.2, 0.25) is 0 Å². The number of rotatable bonds is 9. The zero-order chi connectivity index (χ0) is 26.2. The summed E-state index contributed by atoms with van der Waals surface area (Å²) in [5, 5.41) is 0.997. The molecule has 0 aliphatic carbocycles. The molecule has 1 fully saturated rings. The minimum Gasteiger partial charge on any atom is -0.466 e. The molecule has 1 unspecified atom stereocenters. The molecule has 3 aromatic rings. The van der Waals surface area contributed by atoms with Gasteiger partial charge in [-0.2, -0.15) is 0 Å². The Morgan fingerprint density at radius 1 is 1.11 bits per heavy atom. The Kier molecular flexibility index (Phi) is 9.41. The van der Waals surface area contributed by atoms with Crippen LogP contribution in [0.15, 0.2) is 65.8 Å². The molecule has 0 saturated carbocycles. The lowest BCUT2D eigenvalue weighted by Gasteiger charge is -2.31. The summed E-state index contributed by atoms with van der Waals surface area (Å²) in [5.41, 5.74) is 2.85. The van der Waals surface area contributed by atoms with Crippen molar-refractivity contribution in [3.8, 4) is 0 Å². The lowest BCUT2D eigenvalue weighted by atomic mass is 9.97. The largest absolute Gasteiger partial charge is 0.466 e. The molecule has 1 atom stereocenters. The van der Waals surface area contributed by atoms with E-state index >= 15 is 0 Å². The van der Waals surface area contributed by atoms with Gasteiger partial charge >= 0.3 is 5.97 Å². The fourth-order valence-electron chi connectivity index (χ4n) is 4.27. The second-order valence-electron chi connectivity index (χ2n) is 9.00. The third-order valence-electron chi connectivity index (χ3n) is 6.21. The molecule has 1 aliphatic heterocycles. The van der Waals surface area contributed by atoms with Crippen LogP contribution in [0.25, 0.3) is 0 Å². The average Bonchev–Trinajstić information content (AvgIpc) is 2.92. The van der Waals surface area contributed by atoms with Gasteiger partial charge in [0.05, 0.1) is 12.5 Å². The molecule has 0 spiro atoms. The van der Waals surface area contributed by atoms with E-state index in [-0.39, 0.29) is 17.8 Å². The van der Waals surface area contributed by atoms with E-state index in [1.807, 2.05) is 54.4 Å². The van der Waals surface area contributed by atoms with Crippen LogP contribution in [-0.2, 0) is 21.8 Å². The topological polar surface area (TPSA) is 75.6 Å². The van der Waals surface area contributed by atoms with Gasteiger partial charge in [-0.05, 0) is 43.0 Å². The Bertz CT molecular complexity index is 1210. The summed E-state index contributed by atoms with van der Waals surface area (Å²) in [4.78, 5) is 38.0. The van der Waals surface area contributed by atoms with E-state index in [9.17, 15) is 9.59 Å². The standard InChI is InChI=1S/C28H31ClN4O3S/c1-3-36-27(35)23-10-7-15-33(18-23)26(34)22-13-11-21(12-14-22)19-37-28-30-24(29)16-25(31-28)32(2)17-20-8-5-4-6-9-20/h4-6,8-9,11-14,16,23H,3,7,10,15,17-19H2,1-2H3. The summed E-state index contributed by atoms with van der Waals surface area (Å²) in [5.74, 6) is 0.880. The Morgan fingerprint density at radius 3 is 2.59 bits per heavy atom. The van der Waals surface area contributed by atoms with E-state index in [2.05, 4.69) is 22.1 Å². The molecule has 1 aromatic heterocycles. The van der Waals surface area contributed by atoms with Crippen LogP contribution in [0.5, 0.6) is 0 Å². The predicted octanol–water partition coefficient (Wildman–Crippen LogP) is 5.47. The fourth-order valence-corrected chi connectivity index (χ4v) is 5.31. The Morgan fingerprint density at radius 2 is 1.86 bits per heavy atom. The number of aromatic nitrogens is 2. The molecule has 0 N–H and O–H groups in total. The van der Waals surface area contributed by atoms with E-state index in [0.29, 0.717) is 47.9 Å². The number of carbonyl (C=O) groups is 2. The Labute approximate surface area is 227 Å². The predicted molar refractivity (Wildman–Crippen MR) is 147 cm³/mol. The Hall–Kier alpha value is -3.10. The first-order chi connectivity index (χ1) is 17.9. The lowest BCUT2D eigenvalue weighted by molar-refractivity contribution is -0.149. The number of hydrogen-bond donors (Lipinski definition) is 0. The van der Waals surface area contributed by atoms with Gasteiger partial charge in [-0.25, -0.2) is 9.97 Å². The second-order valence-corrected chi connectivity index (χ2v) is 10.3. The first-order valence-corrected chi connectivity index (χ1v) is 13.8. The van der Waals surface area contributed by atoms with Crippen molar-refractivity contribution in [2.75, 3.05) is 31.6 Å². The van der Waals surface area contributed by atoms with Gasteiger partial charge in [0, 0.05) is 44.1 Å². The van der Waals surface area contributed by atoms with Gasteiger partial charge in [-0.3, -0.25) is 9.59 Å². The van der Waals surface area contributed by atoms with Crippen molar-refractivity contribution < 1.29 is 14.3 Å². The number of amides is 1. The highest BCUT2D eigenvalue weighted by molar-refractivity contribution is 7.98. The number of hydrogen-bond acceptors (Lipinski definition) is 7. The molecular weight excluding hydrogens is 508 g/mol. The molecular formula is C28H31ClN4O3S. The van der Waals surface area contributed by atoms with Crippen LogP contribution < -0.4 is 4.90 Å². The average molecular weight is 539 g/mol. The van der Waals surface area contributed by atoms with Crippen molar-refractivity contribution >= 4 is 41.1 Å². The molecule has 1 amide bonds. The van der Waals surface area contributed by atoms with Crippen molar-refractivity contribution in [1.82, 2.24) is 14.9 Å². The monoisotopic (exact) mass is 538 g/mol. The number of nitrogens with zero attached hydrogens (tertiary/aromatic N) is 4. The lowest BCUT2D eigenvalue weighted by Crippen LogP contribution is -2.42. The number of ether oxygens (including phenoxy) is 1. The van der Waals surface area contributed by atoms with Crippen molar-refractivity contribution in [3.05, 3.63) is 82.5 Å². The molecule has 7 nitrogen and oxygen atoms in total.